The van der Waals surface area contributed by atoms with E-state index >= 15 is 0 Å². The highest BCUT2D eigenvalue weighted by molar-refractivity contribution is 6.33. The first-order valence-corrected chi connectivity index (χ1v) is 5.57. The van der Waals surface area contributed by atoms with Crippen molar-refractivity contribution in [3.8, 4) is 0 Å². The fourth-order valence-electron chi connectivity index (χ4n) is 3.35. The van der Waals surface area contributed by atoms with Gasteiger partial charge in [0.05, 0.1) is 0 Å². The Morgan fingerprint density at radius 1 is 0.722 bits per heavy atom. The van der Waals surface area contributed by atoms with E-state index in [-0.39, 0.29) is 23.0 Å². The van der Waals surface area contributed by atoms with Crippen LogP contribution < -0.4 is 0 Å². The quantitative estimate of drug-likeness (QED) is 0.327. The number of fused-ring (bicyclic) bond motifs is 1. The third-order valence-electron chi connectivity index (χ3n) is 4.31. The molecule has 96 valence electrons. The molecule has 0 aromatic carbocycles. The first-order chi connectivity index (χ1) is 8.41. The van der Waals surface area contributed by atoms with Crippen LogP contribution in [-0.4, -0.2) is 44.2 Å². The topological polar surface area (TPSA) is 115 Å². The summed E-state index contributed by atoms with van der Waals surface area (Å²) in [6.07, 6.45) is 1.12. The van der Waals surface area contributed by atoms with Gasteiger partial charge in [-0.1, -0.05) is 12.8 Å². The van der Waals surface area contributed by atoms with Crippen LogP contribution in [0.2, 0.25) is 0 Å². The van der Waals surface area contributed by atoms with E-state index in [0.29, 0.717) is 12.8 Å². The van der Waals surface area contributed by atoms with Gasteiger partial charge in [0.2, 0.25) is 0 Å². The minimum Gasteiger partial charge on any atom is -0.278 e. The molecule has 2 saturated heterocycles. The number of carbonyl (C=O) groups is 4. The summed E-state index contributed by atoms with van der Waals surface area (Å²) in [4.78, 5) is 47.2. The highest BCUT2D eigenvalue weighted by Gasteiger charge is 2.83. The second kappa shape index (κ2) is 2.96. The lowest BCUT2D eigenvalue weighted by molar-refractivity contribution is -0.257. The zero-order valence-corrected chi connectivity index (χ0v) is 9.25. The number of hydrogen-bond donors (Lipinski definition) is 2. The molecule has 0 radical (unpaired) electrons. The smallest absolute Gasteiger partial charge is 0.270 e. The van der Waals surface area contributed by atoms with Crippen LogP contribution in [0, 0.1) is 10.8 Å². The van der Waals surface area contributed by atoms with Crippen LogP contribution in [0.3, 0.4) is 0 Å². The maximum atomic E-state index is 11.8. The molecule has 2 heterocycles. The van der Waals surface area contributed by atoms with Crippen LogP contribution >= 0.6 is 0 Å². The van der Waals surface area contributed by atoms with E-state index < -0.39 is 34.5 Å². The van der Waals surface area contributed by atoms with Crippen molar-refractivity contribution in [2.24, 2.45) is 10.8 Å². The summed E-state index contributed by atoms with van der Waals surface area (Å²) in [5.41, 5.74) is -3.60. The molecule has 0 bridgehead atoms. The predicted octanol–water partition coefficient (Wildman–Crippen LogP) is -0.951. The number of hydroxylamine groups is 4. The first-order valence-electron chi connectivity index (χ1n) is 5.57. The second-order valence-corrected chi connectivity index (χ2v) is 4.86. The Hall–Kier alpha value is -1.80. The van der Waals surface area contributed by atoms with Gasteiger partial charge < -0.3 is 0 Å². The Labute approximate surface area is 101 Å². The Morgan fingerprint density at radius 2 is 1.00 bits per heavy atom. The summed E-state index contributed by atoms with van der Waals surface area (Å²) < 4.78 is 0. The van der Waals surface area contributed by atoms with Crippen LogP contribution in [-0.2, 0) is 19.2 Å². The number of amides is 4. The largest absolute Gasteiger partial charge is 0.278 e. The lowest BCUT2D eigenvalue weighted by Gasteiger charge is -2.58. The average molecular weight is 254 g/mol. The van der Waals surface area contributed by atoms with Crippen LogP contribution in [0.1, 0.15) is 25.7 Å². The Bertz CT molecular complexity index is 434. The van der Waals surface area contributed by atoms with Crippen molar-refractivity contribution < 1.29 is 29.6 Å². The normalized spacial score (nSPS) is 28.8. The van der Waals surface area contributed by atoms with Crippen molar-refractivity contribution in [2.45, 2.75) is 25.7 Å². The molecule has 0 aromatic rings. The van der Waals surface area contributed by atoms with Crippen molar-refractivity contribution in [1.82, 2.24) is 10.1 Å². The molecule has 0 aromatic heterocycles. The number of rotatable bonds is 0. The average Bonchev–Trinajstić information content (AvgIpc) is 2.43. The number of imide groups is 2. The van der Waals surface area contributed by atoms with E-state index in [9.17, 15) is 19.2 Å². The highest BCUT2D eigenvalue weighted by Crippen LogP contribution is 2.61. The fraction of sp³-hybridized carbons (Fsp3) is 0.600. The zero-order chi connectivity index (χ0) is 13.3. The molecule has 4 amide bonds. The van der Waals surface area contributed by atoms with Gasteiger partial charge in [-0.3, -0.25) is 29.6 Å². The van der Waals surface area contributed by atoms with Crippen molar-refractivity contribution >= 4 is 23.6 Å². The molecule has 8 nitrogen and oxygen atoms in total. The summed E-state index contributed by atoms with van der Waals surface area (Å²) >= 11 is 0. The monoisotopic (exact) mass is 254 g/mol. The molecule has 3 fully saturated rings. The van der Waals surface area contributed by atoms with Gasteiger partial charge in [0.25, 0.3) is 23.6 Å². The molecule has 2 aliphatic heterocycles. The standard InChI is InChI=1S/C10H10N2O6/c13-5-9(6(14)11(5)17)3-1-2-4-10(9)7(15)12(18)8(10)16/h17-18H,1-4H2. The zero-order valence-electron chi connectivity index (χ0n) is 9.25. The molecule has 8 heteroatoms. The molecule has 0 atom stereocenters. The third kappa shape index (κ3) is 0.783. The van der Waals surface area contributed by atoms with Gasteiger partial charge in [-0.05, 0) is 12.8 Å². The third-order valence-corrected chi connectivity index (χ3v) is 4.31. The van der Waals surface area contributed by atoms with Crippen molar-refractivity contribution in [2.75, 3.05) is 0 Å². The fourth-order valence-corrected chi connectivity index (χ4v) is 3.35. The lowest BCUT2D eigenvalue weighted by Crippen LogP contribution is -2.82. The van der Waals surface area contributed by atoms with E-state index in [1.807, 2.05) is 0 Å². The second-order valence-electron chi connectivity index (χ2n) is 4.86. The molecule has 3 rings (SSSR count). The van der Waals surface area contributed by atoms with E-state index in [1.165, 1.54) is 0 Å². The van der Waals surface area contributed by atoms with Crippen molar-refractivity contribution in [3.05, 3.63) is 0 Å². The Balaban J connectivity index is 2.14. The molecule has 3 aliphatic rings. The predicted molar refractivity (Wildman–Crippen MR) is 50.6 cm³/mol. The van der Waals surface area contributed by atoms with Crippen molar-refractivity contribution in [3.63, 3.8) is 0 Å². The summed E-state index contributed by atoms with van der Waals surface area (Å²) in [5, 5.41) is 18.1. The minimum atomic E-state index is -1.80. The molecule has 2 spiro atoms. The molecule has 0 unspecified atom stereocenters. The van der Waals surface area contributed by atoms with Crippen molar-refractivity contribution in [1.29, 1.82) is 0 Å². The Morgan fingerprint density at radius 3 is 1.28 bits per heavy atom. The van der Waals surface area contributed by atoms with Crippen LogP contribution in [0.15, 0.2) is 0 Å². The summed E-state index contributed by atoms with van der Waals surface area (Å²) in [6, 6.07) is 0. The number of nitrogens with zero attached hydrogens (tertiary/aromatic N) is 2. The van der Waals surface area contributed by atoms with Crippen LogP contribution in [0.5, 0.6) is 0 Å². The Kier molecular flexibility index (Phi) is 1.86. The van der Waals surface area contributed by atoms with E-state index in [4.69, 9.17) is 10.4 Å². The first kappa shape index (κ1) is 11.3. The van der Waals surface area contributed by atoms with Gasteiger partial charge >= 0.3 is 0 Å². The molecular weight excluding hydrogens is 244 g/mol. The number of carbonyl (C=O) groups excluding carboxylic acids is 4. The van der Waals surface area contributed by atoms with Gasteiger partial charge in [-0.25, -0.2) is 0 Å². The van der Waals surface area contributed by atoms with Gasteiger partial charge in [0, 0.05) is 0 Å². The number of β-lactam (4-membered cyclic amide) rings is 4. The van der Waals surface area contributed by atoms with Crippen LogP contribution in [0.25, 0.3) is 0 Å². The van der Waals surface area contributed by atoms with E-state index in [1.54, 1.807) is 0 Å². The highest BCUT2D eigenvalue weighted by atomic mass is 16.5. The molecular formula is C10H10N2O6. The molecule has 1 saturated carbocycles. The lowest BCUT2D eigenvalue weighted by atomic mass is 9.48. The summed E-state index contributed by atoms with van der Waals surface area (Å²) in [7, 11) is 0. The SMILES string of the molecule is O=C1N(O)C(=O)C12CCCCC21C(=O)N(O)C1=O. The summed E-state index contributed by atoms with van der Waals surface area (Å²) in [5.74, 6) is -3.71. The molecule has 1 aliphatic carbocycles. The van der Waals surface area contributed by atoms with Gasteiger partial charge in [-0.2, -0.15) is 10.1 Å². The van der Waals surface area contributed by atoms with Gasteiger partial charge in [0.15, 0.2) is 10.8 Å². The van der Waals surface area contributed by atoms with Crippen LogP contribution in [0.4, 0.5) is 0 Å². The van der Waals surface area contributed by atoms with Gasteiger partial charge in [0.1, 0.15) is 0 Å². The summed E-state index contributed by atoms with van der Waals surface area (Å²) in [6.45, 7) is 0. The number of hydrogen-bond acceptors (Lipinski definition) is 6. The molecule has 18 heavy (non-hydrogen) atoms. The maximum absolute atomic E-state index is 11.8. The van der Waals surface area contributed by atoms with E-state index in [2.05, 4.69) is 0 Å². The van der Waals surface area contributed by atoms with E-state index in [0.717, 1.165) is 0 Å². The van der Waals surface area contributed by atoms with Gasteiger partial charge in [-0.15, -0.1) is 0 Å². The minimum absolute atomic E-state index is 0.0487. The molecule has 2 N–H and O–H groups in total. The maximum Gasteiger partial charge on any atom is 0.270 e.